The van der Waals surface area contributed by atoms with E-state index in [-0.39, 0.29) is 6.10 Å². The Morgan fingerprint density at radius 3 is 3.00 bits per heavy atom. The average Bonchev–Trinajstić information content (AvgIpc) is 2.77. The molecular weight excluding hydrogens is 274 g/mol. The lowest BCUT2D eigenvalue weighted by molar-refractivity contribution is 0.131. The lowest BCUT2D eigenvalue weighted by atomic mass is 10.1. The number of hydrogen-bond donors (Lipinski definition) is 2. The number of hydrogen-bond acceptors (Lipinski definition) is 3. The molecule has 84 valence electrons. The van der Waals surface area contributed by atoms with E-state index in [9.17, 15) is 5.11 Å². The van der Waals surface area contributed by atoms with Gasteiger partial charge in [0.2, 0.25) is 0 Å². The first-order valence-electron chi connectivity index (χ1n) is 5.37. The molecule has 0 spiro atoms. The summed E-state index contributed by atoms with van der Waals surface area (Å²) in [6.07, 6.45) is 3.25. The summed E-state index contributed by atoms with van der Waals surface area (Å²) < 4.78 is 1.16. The molecule has 0 aliphatic heterocycles. The molecule has 0 radical (unpaired) electrons. The van der Waals surface area contributed by atoms with Gasteiger partial charge in [0.05, 0.1) is 6.10 Å². The van der Waals surface area contributed by atoms with Gasteiger partial charge < -0.3 is 10.4 Å². The molecule has 2 nitrogen and oxygen atoms in total. The van der Waals surface area contributed by atoms with Crippen LogP contribution in [-0.4, -0.2) is 17.8 Å². The van der Waals surface area contributed by atoms with Crippen LogP contribution < -0.4 is 5.32 Å². The van der Waals surface area contributed by atoms with E-state index in [0.29, 0.717) is 5.92 Å². The molecule has 1 aromatic heterocycles. The van der Waals surface area contributed by atoms with Crippen LogP contribution in [0.2, 0.25) is 0 Å². The Morgan fingerprint density at radius 1 is 1.53 bits per heavy atom. The Hall–Kier alpha value is 0.1000. The highest BCUT2D eigenvalue weighted by atomic mass is 79.9. The number of halogens is 1. The third-order valence-electron chi connectivity index (χ3n) is 2.95. The molecule has 2 N–H and O–H groups in total. The van der Waals surface area contributed by atoms with Crippen molar-refractivity contribution >= 4 is 27.3 Å². The monoisotopic (exact) mass is 289 g/mol. The summed E-state index contributed by atoms with van der Waals surface area (Å²) in [5, 5.41) is 15.2. The van der Waals surface area contributed by atoms with E-state index in [0.717, 1.165) is 24.0 Å². The van der Waals surface area contributed by atoms with Crippen LogP contribution >= 0.6 is 27.3 Å². The molecule has 1 heterocycles. The van der Waals surface area contributed by atoms with Crippen molar-refractivity contribution in [1.82, 2.24) is 5.32 Å². The first kappa shape index (κ1) is 11.6. The van der Waals surface area contributed by atoms with Crippen molar-refractivity contribution in [2.45, 2.75) is 31.9 Å². The van der Waals surface area contributed by atoms with Crippen LogP contribution in [0.25, 0.3) is 0 Å². The van der Waals surface area contributed by atoms with Gasteiger partial charge >= 0.3 is 0 Å². The summed E-state index contributed by atoms with van der Waals surface area (Å²) in [7, 11) is 0. The third-order valence-corrected chi connectivity index (χ3v) is 4.64. The lowest BCUT2D eigenvalue weighted by Gasteiger charge is -2.14. The van der Waals surface area contributed by atoms with Gasteiger partial charge in [-0.3, -0.25) is 0 Å². The van der Waals surface area contributed by atoms with E-state index in [2.05, 4.69) is 32.7 Å². The van der Waals surface area contributed by atoms with Gasteiger partial charge in [-0.25, -0.2) is 0 Å². The molecule has 2 rings (SSSR count). The van der Waals surface area contributed by atoms with E-state index < -0.39 is 0 Å². The molecule has 0 amide bonds. The minimum absolute atomic E-state index is 0.0763. The van der Waals surface area contributed by atoms with Crippen molar-refractivity contribution in [1.29, 1.82) is 0 Å². The normalized spacial score (nSPS) is 26.0. The van der Waals surface area contributed by atoms with E-state index >= 15 is 0 Å². The molecule has 2 atom stereocenters. The summed E-state index contributed by atoms with van der Waals surface area (Å²) >= 11 is 5.20. The molecule has 1 aliphatic carbocycles. The maximum Gasteiger partial charge on any atom is 0.0580 e. The fraction of sp³-hybridized carbons (Fsp3) is 0.636. The maximum atomic E-state index is 9.65. The number of aliphatic hydroxyl groups is 1. The van der Waals surface area contributed by atoms with Gasteiger partial charge in [-0.15, -0.1) is 11.3 Å². The van der Waals surface area contributed by atoms with Crippen LogP contribution in [0.1, 0.15) is 24.1 Å². The van der Waals surface area contributed by atoms with Gasteiger partial charge in [0.15, 0.2) is 0 Å². The second kappa shape index (κ2) is 5.43. The molecule has 0 saturated heterocycles. The molecule has 2 unspecified atom stereocenters. The Balaban J connectivity index is 1.70. The molecular formula is C11H16BrNOS. The van der Waals surface area contributed by atoms with Crippen molar-refractivity contribution < 1.29 is 5.11 Å². The number of nitrogens with one attached hydrogen (secondary N) is 1. The van der Waals surface area contributed by atoms with E-state index in [1.54, 1.807) is 11.3 Å². The second-order valence-electron chi connectivity index (χ2n) is 4.12. The van der Waals surface area contributed by atoms with Gasteiger partial charge in [-0.1, -0.05) is 6.42 Å². The second-order valence-corrected chi connectivity index (χ2v) is 6.03. The third kappa shape index (κ3) is 3.28. The molecule has 1 saturated carbocycles. The molecule has 15 heavy (non-hydrogen) atoms. The largest absolute Gasteiger partial charge is 0.393 e. The molecule has 0 bridgehead atoms. The van der Waals surface area contributed by atoms with Gasteiger partial charge in [0.25, 0.3) is 0 Å². The number of rotatable bonds is 4. The average molecular weight is 290 g/mol. The molecule has 1 aliphatic rings. The SMILES string of the molecule is OC1CCCC1CNCc1cc(Br)cs1. The fourth-order valence-corrected chi connectivity index (χ4v) is 3.50. The standard InChI is InChI=1S/C11H16BrNOS/c12-9-4-10(15-7-9)6-13-5-8-2-1-3-11(8)14/h4,7-8,11,13-14H,1-3,5-6H2. The zero-order valence-corrected chi connectivity index (χ0v) is 11.0. The van der Waals surface area contributed by atoms with Crippen LogP contribution in [0.15, 0.2) is 15.9 Å². The predicted octanol–water partition coefficient (Wildman–Crippen LogP) is 2.76. The Labute approximate surface area is 103 Å². The van der Waals surface area contributed by atoms with Gasteiger partial charge in [-0.2, -0.15) is 0 Å². The van der Waals surface area contributed by atoms with Crippen molar-refractivity contribution in [3.05, 3.63) is 20.8 Å². The van der Waals surface area contributed by atoms with E-state index in [4.69, 9.17) is 0 Å². The first-order valence-corrected chi connectivity index (χ1v) is 7.04. The quantitative estimate of drug-likeness (QED) is 0.893. The van der Waals surface area contributed by atoms with Crippen LogP contribution in [0, 0.1) is 5.92 Å². The number of aliphatic hydroxyl groups excluding tert-OH is 1. The summed E-state index contributed by atoms with van der Waals surface area (Å²) in [6.45, 7) is 1.86. The summed E-state index contributed by atoms with van der Waals surface area (Å²) in [4.78, 5) is 1.34. The zero-order chi connectivity index (χ0) is 10.7. The van der Waals surface area contributed by atoms with Crippen molar-refractivity contribution in [2.24, 2.45) is 5.92 Å². The molecule has 1 aromatic rings. The highest BCUT2D eigenvalue weighted by Gasteiger charge is 2.24. The van der Waals surface area contributed by atoms with Crippen molar-refractivity contribution in [2.75, 3.05) is 6.54 Å². The first-order chi connectivity index (χ1) is 7.25. The van der Waals surface area contributed by atoms with Crippen LogP contribution in [0.4, 0.5) is 0 Å². The summed E-state index contributed by atoms with van der Waals surface area (Å²) in [5.41, 5.74) is 0. The van der Waals surface area contributed by atoms with Crippen molar-refractivity contribution in [3.8, 4) is 0 Å². The maximum absolute atomic E-state index is 9.65. The van der Waals surface area contributed by atoms with E-state index in [1.165, 1.54) is 17.7 Å². The van der Waals surface area contributed by atoms with Gasteiger partial charge in [0, 0.05) is 27.8 Å². The predicted molar refractivity (Wildman–Crippen MR) is 67.1 cm³/mol. The summed E-state index contributed by atoms with van der Waals surface area (Å²) in [6, 6.07) is 2.14. The zero-order valence-electron chi connectivity index (χ0n) is 8.58. The smallest absolute Gasteiger partial charge is 0.0580 e. The van der Waals surface area contributed by atoms with E-state index in [1.807, 2.05) is 0 Å². The number of thiophene rings is 1. The topological polar surface area (TPSA) is 32.3 Å². The van der Waals surface area contributed by atoms with Gasteiger partial charge in [-0.05, 0) is 40.8 Å². The molecule has 4 heteroatoms. The highest BCUT2D eigenvalue weighted by molar-refractivity contribution is 9.10. The minimum atomic E-state index is -0.0763. The van der Waals surface area contributed by atoms with Crippen LogP contribution in [0.3, 0.4) is 0 Å². The lowest BCUT2D eigenvalue weighted by Crippen LogP contribution is -2.27. The Bertz CT molecular complexity index is 315. The molecule has 1 fully saturated rings. The Morgan fingerprint density at radius 2 is 2.40 bits per heavy atom. The van der Waals surface area contributed by atoms with Gasteiger partial charge in [0.1, 0.15) is 0 Å². The summed E-state index contributed by atoms with van der Waals surface area (Å²) in [5.74, 6) is 0.466. The van der Waals surface area contributed by atoms with Crippen LogP contribution in [0.5, 0.6) is 0 Å². The Kier molecular flexibility index (Phi) is 4.20. The fourth-order valence-electron chi connectivity index (χ4n) is 2.08. The van der Waals surface area contributed by atoms with Crippen molar-refractivity contribution in [3.63, 3.8) is 0 Å². The minimum Gasteiger partial charge on any atom is -0.393 e. The molecule has 0 aromatic carbocycles. The van der Waals surface area contributed by atoms with Crippen LogP contribution in [-0.2, 0) is 6.54 Å². The highest BCUT2D eigenvalue weighted by Crippen LogP contribution is 2.25.